The molecule has 164 valence electrons. The topological polar surface area (TPSA) is 116 Å². The zero-order valence-corrected chi connectivity index (χ0v) is 17.3. The van der Waals surface area contributed by atoms with Gasteiger partial charge in [0.25, 0.3) is 5.91 Å². The summed E-state index contributed by atoms with van der Waals surface area (Å²) in [5, 5.41) is 14.3. The number of carbonyl (C=O) groups excluding carboxylic acids is 3. The Kier molecular flexibility index (Phi) is 6.02. The molecule has 2 aromatic rings. The van der Waals surface area contributed by atoms with Gasteiger partial charge in [0.15, 0.2) is 0 Å². The van der Waals surface area contributed by atoms with E-state index in [4.69, 9.17) is 5.11 Å². The summed E-state index contributed by atoms with van der Waals surface area (Å²) in [6, 6.07) is 13.7. The maximum atomic E-state index is 13.3. The summed E-state index contributed by atoms with van der Waals surface area (Å²) in [7, 11) is 0. The molecule has 0 aromatic heterocycles. The van der Waals surface area contributed by atoms with Gasteiger partial charge in [0, 0.05) is 13.0 Å². The first-order chi connectivity index (χ1) is 15.4. The van der Waals surface area contributed by atoms with E-state index in [1.54, 1.807) is 12.1 Å². The summed E-state index contributed by atoms with van der Waals surface area (Å²) in [6.45, 7) is 0.324. The molecule has 4 rings (SSSR count). The minimum absolute atomic E-state index is 0.175. The Morgan fingerprint density at radius 1 is 1.06 bits per heavy atom. The average Bonchev–Trinajstić information content (AvgIpc) is 3.16. The molecule has 2 atom stereocenters. The van der Waals surface area contributed by atoms with Crippen LogP contribution in [0.4, 0.5) is 5.69 Å². The molecule has 32 heavy (non-hydrogen) atoms. The molecule has 0 saturated carbocycles. The van der Waals surface area contributed by atoms with Crippen molar-refractivity contribution in [2.45, 2.75) is 31.3 Å². The molecule has 8 heteroatoms. The van der Waals surface area contributed by atoms with Gasteiger partial charge in [0.05, 0.1) is 23.7 Å². The Balaban J connectivity index is 1.53. The van der Waals surface area contributed by atoms with Crippen LogP contribution in [-0.4, -0.2) is 52.3 Å². The maximum Gasteiger partial charge on any atom is 0.303 e. The Morgan fingerprint density at radius 3 is 2.56 bits per heavy atom. The minimum Gasteiger partial charge on any atom is -0.481 e. The fraction of sp³-hybridized carbons (Fsp3) is 0.250. The summed E-state index contributed by atoms with van der Waals surface area (Å²) in [4.78, 5) is 50.4. The molecule has 2 aliphatic rings. The van der Waals surface area contributed by atoms with Gasteiger partial charge in [-0.15, -0.1) is 0 Å². The highest BCUT2D eigenvalue weighted by Gasteiger charge is 2.45. The van der Waals surface area contributed by atoms with Crippen molar-refractivity contribution in [2.24, 2.45) is 0 Å². The van der Waals surface area contributed by atoms with E-state index >= 15 is 0 Å². The highest BCUT2D eigenvalue weighted by molar-refractivity contribution is 6.11. The number of carboxylic acids is 1. The fourth-order valence-electron chi connectivity index (χ4n) is 4.06. The number of benzene rings is 2. The quantitative estimate of drug-likeness (QED) is 0.605. The van der Waals surface area contributed by atoms with E-state index in [2.05, 4.69) is 10.6 Å². The van der Waals surface area contributed by atoms with Crippen LogP contribution >= 0.6 is 0 Å². The number of aliphatic carboxylic acids is 1. The van der Waals surface area contributed by atoms with Gasteiger partial charge >= 0.3 is 5.97 Å². The van der Waals surface area contributed by atoms with E-state index in [1.165, 1.54) is 4.90 Å². The fourth-order valence-corrected chi connectivity index (χ4v) is 4.06. The first kappa shape index (κ1) is 21.3. The zero-order chi connectivity index (χ0) is 22.7. The standard InChI is InChI=1S/C24H23N3O5/c28-20(10-11-21(29)30)25-19-12-13-27-22(19)23(31)26-18-9-8-16(14-17(18)24(27)32)7-6-15-4-2-1-3-5-15/h1-9,14,19,22H,10-13H2,(H,25,28)(H,26,31)(H,29,30)/t19-,22-/m0/s1. The summed E-state index contributed by atoms with van der Waals surface area (Å²) >= 11 is 0. The number of anilines is 1. The Labute approximate surface area is 184 Å². The van der Waals surface area contributed by atoms with Gasteiger partial charge < -0.3 is 20.6 Å². The van der Waals surface area contributed by atoms with E-state index in [-0.39, 0.29) is 24.7 Å². The molecule has 0 radical (unpaired) electrons. The SMILES string of the molecule is O=C(O)CCC(=O)N[C@H]1CCN2C(=O)c3cc(C=Cc4ccccc4)ccc3NC(=O)[C@H]12. The van der Waals surface area contributed by atoms with Crippen LogP contribution in [0.25, 0.3) is 12.2 Å². The second-order valence-corrected chi connectivity index (χ2v) is 7.84. The van der Waals surface area contributed by atoms with Crippen LogP contribution in [0.5, 0.6) is 0 Å². The lowest BCUT2D eigenvalue weighted by molar-refractivity contribution is -0.139. The van der Waals surface area contributed by atoms with Crippen LogP contribution in [0.3, 0.4) is 0 Å². The van der Waals surface area contributed by atoms with Crippen molar-refractivity contribution in [3.05, 3.63) is 65.2 Å². The first-order valence-corrected chi connectivity index (χ1v) is 10.4. The van der Waals surface area contributed by atoms with Gasteiger partial charge in [0.2, 0.25) is 11.8 Å². The number of hydrogen-bond acceptors (Lipinski definition) is 4. The number of fused-ring (bicyclic) bond motifs is 2. The van der Waals surface area contributed by atoms with E-state index < -0.39 is 24.0 Å². The van der Waals surface area contributed by atoms with Crippen molar-refractivity contribution < 1.29 is 24.3 Å². The van der Waals surface area contributed by atoms with Crippen molar-refractivity contribution in [1.82, 2.24) is 10.2 Å². The van der Waals surface area contributed by atoms with E-state index in [0.717, 1.165) is 11.1 Å². The predicted molar refractivity (Wildman–Crippen MR) is 119 cm³/mol. The Hall–Kier alpha value is -3.94. The molecule has 8 nitrogen and oxygen atoms in total. The van der Waals surface area contributed by atoms with Gasteiger partial charge in [-0.3, -0.25) is 19.2 Å². The lowest BCUT2D eigenvalue weighted by atomic mass is 10.1. The number of nitrogens with zero attached hydrogens (tertiary/aromatic N) is 1. The number of carbonyl (C=O) groups is 4. The summed E-state index contributed by atoms with van der Waals surface area (Å²) in [5.41, 5.74) is 2.69. The molecule has 2 aliphatic heterocycles. The van der Waals surface area contributed by atoms with Gasteiger partial charge in [-0.1, -0.05) is 48.6 Å². The molecule has 0 spiro atoms. The van der Waals surface area contributed by atoms with Gasteiger partial charge in [-0.2, -0.15) is 0 Å². The van der Waals surface area contributed by atoms with Crippen LogP contribution in [0.2, 0.25) is 0 Å². The normalized spacial score (nSPS) is 19.8. The van der Waals surface area contributed by atoms with Crippen molar-refractivity contribution in [2.75, 3.05) is 11.9 Å². The summed E-state index contributed by atoms with van der Waals surface area (Å²) < 4.78 is 0. The molecule has 1 saturated heterocycles. The number of nitrogens with one attached hydrogen (secondary N) is 2. The zero-order valence-electron chi connectivity index (χ0n) is 17.3. The molecular weight excluding hydrogens is 410 g/mol. The van der Waals surface area contributed by atoms with Crippen LogP contribution in [0, 0.1) is 0 Å². The first-order valence-electron chi connectivity index (χ1n) is 10.4. The van der Waals surface area contributed by atoms with Crippen molar-refractivity contribution in [3.63, 3.8) is 0 Å². The van der Waals surface area contributed by atoms with Gasteiger partial charge in [-0.25, -0.2) is 0 Å². The molecule has 0 bridgehead atoms. The lowest BCUT2D eigenvalue weighted by Gasteiger charge is -2.24. The Bertz CT molecular complexity index is 1100. The van der Waals surface area contributed by atoms with E-state index in [1.807, 2.05) is 48.6 Å². The molecule has 3 amide bonds. The van der Waals surface area contributed by atoms with Gasteiger partial charge in [-0.05, 0) is 29.7 Å². The third-order valence-electron chi connectivity index (χ3n) is 5.64. The summed E-state index contributed by atoms with van der Waals surface area (Å²) in [6.07, 6.45) is 3.81. The largest absolute Gasteiger partial charge is 0.481 e. The predicted octanol–water partition coefficient (Wildman–Crippen LogP) is 2.37. The molecule has 1 fully saturated rings. The van der Waals surface area contributed by atoms with Crippen LogP contribution in [-0.2, 0) is 14.4 Å². The van der Waals surface area contributed by atoms with Crippen molar-refractivity contribution in [3.8, 4) is 0 Å². The molecule has 3 N–H and O–H groups in total. The smallest absolute Gasteiger partial charge is 0.303 e. The maximum absolute atomic E-state index is 13.3. The van der Waals surface area contributed by atoms with Crippen LogP contribution in [0.1, 0.15) is 40.7 Å². The average molecular weight is 433 g/mol. The highest BCUT2D eigenvalue weighted by atomic mass is 16.4. The molecular formula is C24H23N3O5. The van der Waals surface area contributed by atoms with E-state index in [0.29, 0.717) is 24.2 Å². The number of carboxylic acid groups (broad SMARTS) is 1. The third kappa shape index (κ3) is 4.54. The van der Waals surface area contributed by atoms with E-state index in [9.17, 15) is 19.2 Å². The molecule has 2 heterocycles. The Morgan fingerprint density at radius 2 is 1.81 bits per heavy atom. The molecule has 0 aliphatic carbocycles. The third-order valence-corrected chi connectivity index (χ3v) is 5.64. The van der Waals surface area contributed by atoms with Crippen molar-refractivity contribution >= 4 is 41.5 Å². The second-order valence-electron chi connectivity index (χ2n) is 7.84. The summed E-state index contributed by atoms with van der Waals surface area (Å²) in [5.74, 6) is -2.16. The number of hydrogen-bond donors (Lipinski definition) is 3. The number of rotatable bonds is 6. The number of amides is 3. The van der Waals surface area contributed by atoms with Crippen molar-refractivity contribution in [1.29, 1.82) is 0 Å². The lowest BCUT2D eigenvalue weighted by Crippen LogP contribution is -2.51. The monoisotopic (exact) mass is 433 g/mol. The van der Waals surface area contributed by atoms with Crippen LogP contribution in [0.15, 0.2) is 48.5 Å². The minimum atomic E-state index is -1.07. The van der Waals surface area contributed by atoms with Gasteiger partial charge in [0.1, 0.15) is 6.04 Å². The highest BCUT2D eigenvalue weighted by Crippen LogP contribution is 2.30. The molecule has 2 aromatic carbocycles. The second kappa shape index (κ2) is 9.05. The molecule has 0 unspecified atom stereocenters. The van der Waals surface area contributed by atoms with Crippen LogP contribution < -0.4 is 10.6 Å².